The van der Waals surface area contributed by atoms with Crippen molar-refractivity contribution in [3.05, 3.63) is 0 Å². The number of rotatable bonds is 4. The van der Waals surface area contributed by atoms with E-state index in [0.717, 1.165) is 26.2 Å². The van der Waals surface area contributed by atoms with E-state index in [0.29, 0.717) is 24.4 Å². The third-order valence-electron chi connectivity index (χ3n) is 4.12. The third kappa shape index (κ3) is 3.42. The van der Waals surface area contributed by atoms with Gasteiger partial charge in [-0.1, -0.05) is 0 Å². The fraction of sp³-hybridized carbons (Fsp3) is 0.923. The van der Waals surface area contributed by atoms with Crippen molar-refractivity contribution in [2.75, 3.05) is 33.2 Å². The van der Waals surface area contributed by atoms with Crippen LogP contribution in [0.5, 0.6) is 0 Å². The van der Waals surface area contributed by atoms with Crippen LogP contribution in [0.1, 0.15) is 32.6 Å². The minimum Gasteiger partial charge on any atom is -0.343 e. The maximum absolute atomic E-state index is 11.8. The zero-order chi connectivity index (χ0) is 12.3. The molecule has 0 aromatic heterocycles. The highest BCUT2D eigenvalue weighted by atomic mass is 16.2. The van der Waals surface area contributed by atoms with Crippen molar-refractivity contribution in [3.8, 4) is 0 Å². The Morgan fingerprint density at radius 3 is 2.65 bits per heavy atom. The molecule has 4 nitrogen and oxygen atoms in total. The van der Waals surface area contributed by atoms with Gasteiger partial charge in [0.25, 0.3) is 0 Å². The standard InChI is InChI=1S/C13H25N3O/c1-11-9-12(10-15(11)2)14-6-5-13(17)16-7-3-4-8-16/h11-12,14H,3-10H2,1-2H3. The topological polar surface area (TPSA) is 35.6 Å². The molecule has 1 amide bonds. The lowest BCUT2D eigenvalue weighted by Crippen LogP contribution is -2.36. The average molecular weight is 239 g/mol. The molecule has 0 aromatic carbocycles. The summed E-state index contributed by atoms with van der Waals surface area (Å²) in [4.78, 5) is 16.2. The van der Waals surface area contributed by atoms with Gasteiger partial charge in [0.15, 0.2) is 0 Å². The van der Waals surface area contributed by atoms with E-state index < -0.39 is 0 Å². The summed E-state index contributed by atoms with van der Waals surface area (Å²) in [5.41, 5.74) is 0. The molecule has 17 heavy (non-hydrogen) atoms. The first kappa shape index (κ1) is 12.8. The Morgan fingerprint density at radius 2 is 2.06 bits per heavy atom. The van der Waals surface area contributed by atoms with E-state index in [1.165, 1.54) is 19.3 Å². The van der Waals surface area contributed by atoms with Crippen molar-refractivity contribution in [2.45, 2.75) is 44.7 Å². The SMILES string of the molecule is CC1CC(NCCC(=O)N2CCCC2)CN1C. The molecule has 0 radical (unpaired) electrons. The summed E-state index contributed by atoms with van der Waals surface area (Å²) in [5, 5.41) is 3.51. The van der Waals surface area contributed by atoms with Crippen molar-refractivity contribution in [1.29, 1.82) is 0 Å². The number of amides is 1. The molecular weight excluding hydrogens is 214 g/mol. The normalized spacial score (nSPS) is 30.1. The van der Waals surface area contributed by atoms with E-state index in [4.69, 9.17) is 0 Å². The van der Waals surface area contributed by atoms with Crippen LogP contribution in [0.3, 0.4) is 0 Å². The molecule has 2 unspecified atom stereocenters. The number of carbonyl (C=O) groups is 1. The van der Waals surface area contributed by atoms with Crippen molar-refractivity contribution in [1.82, 2.24) is 15.1 Å². The Morgan fingerprint density at radius 1 is 1.35 bits per heavy atom. The first-order chi connectivity index (χ1) is 8.16. The van der Waals surface area contributed by atoms with Crippen LogP contribution >= 0.6 is 0 Å². The highest BCUT2D eigenvalue weighted by Crippen LogP contribution is 2.14. The van der Waals surface area contributed by atoms with E-state index in [9.17, 15) is 4.79 Å². The Labute approximate surface area is 104 Å². The zero-order valence-electron chi connectivity index (χ0n) is 11.1. The van der Waals surface area contributed by atoms with Gasteiger partial charge >= 0.3 is 0 Å². The number of nitrogens with zero attached hydrogens (tertiary/aromatic N) is 2. The van der Waals surface area contributed by atoms with Gasteiger partial charge < -0.3 is 15.1 Å². The number of hydrogen-bond donors (Lipinski definition) is 1. The van der Waals surface area contributed by atoms with E-state index in [-0.39, 0.29) is 0 Å². The lowest BCUT2D eigenvalue weighted by Gasteiger charge is -2.17. The number of likely N-dealkylation sites (N-methyl/N-ethyl adjacent to an activating group) is 1. The highest BCUT2D eigenvalue weighted by Gasteiger charge is 2.25. The molecule has 0 aliphatic carbocycles. The molecule has 2 atom stereocenters. The predicted molar refractivity (Wildman–Crippen MR) is 68.9 cm³/mol. The molecule has 2 heterocycles. The summed E-state index contributed by atoms with van der Waals surface area (Å²) in [5.74, 6) is 0.328. The van der Waals surface area contributed by atoms with Crippen LogP contribution < -0.4 is 5.32 Å². The summed E-state index contributed by atoms with van der Waals surface area (Å²) in [6.45, 7) is 6.15. The van der Waals surface area contributed by atoms with Crippen molar-refractivity contribution >= 4 is 5.91 Å². The maximum Gasteiger partial charge on any atom is 0.223 e. The molecule has 0 saturated carbocycles. The Balaban J connectivity index is 1.61. The molecule has 2 saturated heterocycles. The molecule has 2 fully saturated rings. The zero-order valence-corrected chi connectivity index (χ0v) is 11.1. The van der Waals surface area contributed by atoms with Crippen molar-refractivity contribution in [2.24, 2.45) is 0 Å². The number of hydrogen-bond acceptors (Lipinski definition) is 3. The summed E-state index contributed by atoms with van der Waals surface area (Å²) in [7, 11) is 2.17. The first-order valence-corrected chi connectivity index (χ1v) is 6.88. The lowest BCUT2D eigenvalue weighted by molar-refractivity contribution is -0.130. The molecular formula is C13H25N3O. The smallest absolute Gasteiger partial charge is 0.223 e. The number of nitrogens with one attached hydrogen (secondary N) is 1. The summed E-state index contributed by atoms with van der Waals surface area (Å²) >= 11 is 0. The van der Waals surface area contributed by atoms with Gasteiger partial charge in [-0.05, 0) is 33.2 Å². The van der Waals surface area contributed by atoms with Gasteiger partial charge in [0.2, 0.25) is 5.91 Å². The fourth-order valence-corrected chi connectivity index (χ4v) is 2.85. The Hall–Kier alpha value is -0.610. The maximum atomic E-state index is 11.8. The molecule has 0 aromatic rings. The molecule has 0 bridgehead atoms. The second-order valence-corrected chi connectivity index (χ2v) is 5.51. The summed E-state index contributed by atoms with van der Waals surface area (Å²) in [6.07, 6.45) is 4.23. The van der Waals surface area contributed by atoms with Gasteiger partial charge in [-0.2, -0.15) is 0 Å². The molecule has 2 rings (SSSR count). The van der Waals surface area contributed by atoms with Gasteiger partial charge in [0, 0.05) is 44.7 Å². The quantitative estimate of drug-likeness (QED) is 0.784. The van der Waals surface area contributed by atoms with E-state index >= 15 is 0 Å². The van der Waals surface area contributed by atoms with Gasteiger partial charge in [0.1, 0.15) is 0 Å². The first-order valence-electron chi connectivity index (χ1n) is 6.88. The third-order valence-corrected chi connectivity index (χ3v) is 4.12. The largest absolute Gasteiger partial charge is 0.343 e. The van der Waals surface area contributed by atoms with E-state index in [1.54, 1.807) is 0 Å². The molecule has 1 N–H and O–H groups in total. The molecule has 0 spiro atoms. The van der Waals surface area contributed by atoms with Crippen LogP contribution in [-0.4, -0.2) is 61.0 Å². The number of carbonyl (C=O) groups excluding carboxylic acids is 1. The minimum absolute atomic E-state index is 0.328. The van der Waals surface area contributed by atoms with E-state index in [2.05, 4.69) is 24.2 Å². The van der Waals surface area contributed by atoms with Crippen molar-refractivity contribution in [3.63, 3.8) is 0 Å². The predicted octanol–water partition coefficient (Wildman–Crippen LogP) is 0.681. The highest BCUT2D eigenvalue weighted by molar-refractivity contribution is 5.76. The van der Waals surface area contributed by atoms with Crippen LogP contribution in [-0.2, 0) is 4.79 Å². The monoisotopic (exact) mass is 239 g/mol. The average Bonchev–Trinajstić information content (AvgIpc) is 2.90. The Bertz CT molecular complexity index is 253. The van der Waals surface area contributed by atoms with Gasteiger partial charge in [-0.15, -0.1) is 0 Å². The second kappa shape index (κ2) is 5.83. The molecule has 98 valence electrons. The van der Waals surface area contributed by atoms with Crippen LogP contribution in [0.15, 0.2) is 0 Å². The summed E-state index contributed by atoms with van der Waals surface area (Å²) in [6, 6.07) is 1.24. The molecule has 4 heteroatoms. The van der Waals surface area contributed by atoms with Gasteiger partial charge in [0.05, 0.1) is 0 Å². The van der Waals surface area contributed by atoms with E-state index in [1.807, 2.05) is 4.90 Å². The summed E-state index contributed by atoms with van der Waals surface area (Å²) < 4.78 is 0. The van der Waals surface area contributed by atoms with Crippen LogP contribution in [0, 0.1) is 0 Å². The Kier molecular flexibility index (Phi) is 4.40. The van der Waals surface area contributed by atoms with Gasteiger partial charge in [-0.3, -0.25) is 4.79 Å². The van der Waals surface area contributed by atoms with Crippen LogP contribution in [0.4, 0.5) is 0 Å². The number of likely N-dealkylation sites (tertiary alicyclic amines) is 2. The minimum atomic E-state index is 0.328. The van der Waals surface area contributed by atoms with Crippen LogP contribution in [0.25, 0.3) is 0 Å². The lowest BCUT2D eigenvalue weighted by atomic mass is 10.2. The fourth-order valence-electron chi connectivity index (χ4n) is 2.85. The molecule has 2 aliphatic heterocycles. The second-order valence-electron chi connectivity index (χ2n) is 5.51. The van der Waals surface area contributed by atoms with Crippen LogP contribution in [0.2, 0.25) is 0 Å². The van der Waals surface area contributed by atoms with Crippen molar-refractivity contribution < 1.29 is 4.79 Å². The van der Waals surface area contributed by atoms with Gasteiger partial charge in [-0.25, -0.2) is 0 Å². The molecule has 2 aliphatic rings.